The van der Waals surface area contributed by atoms with Crippen LogP contribution in [0.15, 0.2) is 24.4 Å². The second-order valence-electron chi connectivity index (χ2n) is 6.90. The van der Waals surface area contributed by atoms with Crippen LogP contribution >= 0.6 is 0 Å². The maximum atomic E-state index is 12.0. The summed E-state index contributed by atoms with van der Waals surface area (Å²) < 4.78 is 10.4. The fraction of sp³-hybridized carbons (Fsp3) is 0.550. The van der Waals surface area contributed by atoms with Gasteiger partial charge >= 0.3 is 0 Å². The first-order chi connectivity index (χ1) is 12.7. The van der Waals surface area contributed by atoms with E-state index in [0.29, 0.717) is 25.6 Å². The molecule has 0 spiro atoms. The lowest BCUT2D eigenvalue weighted by molar-refractivity contribution is -0.122. The number of aromatic amines is 1. The zero-order valence-corrected chi connectivity index (χ0v) is 15.7. The zero-order valence-electron chi connectivity index (χ0n) is 15.7. The highest BCUT2D eigenvalue weighted by molar-refractivity contribution is 5.85. The van der Waals surface area contributed by atoms with Crippen molar-refractivity contribution in [3.8, 4) is 5.75 Å². The molecule has 6 nitrogen and oxygen atoms in total. The van der Waals surface area contributed by atoms with Crippen LogP contribution in [-0.2, 0) is 9.53 Å². The van der Waals surface area contributed by atoms with Gasteiger partial charge < -0.3 is 19.8 Å². The van der Waals surface area contributed by atoms with Crippen LogP contribution in [0.5, 0.6) is 5.75 Å². The molecule has 1 amide bonds. The fourth-order valence-electron chi connectivity index (χ4n) is 3.69. The Morgan fingerprint density at radius 2 is 2.12 bits per heavy atom. The molecule has 1 aliphatic rings. The highest BCUT2D eigenvalue weighted by atomic mass is 16.5. The molecule has 0 radical (unpaired) electrons. The van der Waals surface area contributed by atoms with Crippen molar-refractivity contribution < 1.29 is 14.3 Å². The van der Waals surface area contributed by atoms with E-state index in [1.54, 1.807) is 14.2 Å². The zero-order chi connectivity index (χ0) is 18.4. The van der Waals surface area contributed by atoms with Crippen LogP contribution in [-0.4, -0.2) is 62.8 Å². The Hall–Kier alpha value is -2.05. The van der Waals surface area contributed by atoms with Crippen molar-refractivity contribution in [1.29, 1.82) is 0 Å². The lowest BCUT2D eigenvalue weighted by Gasteiger charge is -2.31. The smallest absolute Gasteiger partial charge is 0.234 e. The van der Waals surface area contributed by atoms with Gasteiger partial charge in [0.15, 0.2) is 0 Å². The minimum Gasteiger partial charge on any atom is -0.497 e. The van der Waals surface area contributed by atoms with E-state index in [4.69, 9.17) is 9.47 Å². The number of fused-ring (bicyclic) bond motifs is 1. The van der Waals surface area contributed by atoms with Gasteiger partial charge in [0.05, 0.1) is 13.7 Å². The molecular weight excluding hydrogens is 330 g/mol. The molecule has 1 aromatic carbocycles. The summed E-state index contributed by atoms with van der Waals surface area (Å²) >= 11 is 0. The molecule has 2 N–H and O–H groups in total. The molecule has 0 atom stereocenters. The Kier molecular flexibility index (Phi) is 6.52. The van der Waals surface area contributed by atoms with Crippen molar-refractivity contribution in [3.05, 3.63) is 30.0 Å². The molecule has 6 heteroatoms. The number of nitrogens with zero attached hydrogens (tertiary/aromatic N) is 1. The molecule has 1 fully saturated rings. The molecule has 2 aromatic rings. The molecule has 2 heterocycles. The van der Waals surface area contributed by atoms with Crippen molar-refractivity contribution in [1.82, 2.24) is 15.2 Å². The molecule has 0 aliphatic carbocycles. The van der Waals surface area contributed by atoms with Crippen molar-refractivity contribution >= 4 is 16.8 Å². The Balaban J connectivity index is 1.51. The SMILES string of the molecule is COCCCNC(=O)CN1CCC(c2c[nH]c3ccc(OC)cc23)CC1. The van der Waals surface area contributed by atoms with Crippen LogP contribution in [0.25, 0.3) is 10.9 Å². The summed E-state index contributed by atoms with van der Waals surface area (Å²) in [5.74, 6) is 1.52. The van der Waals surface area contributed by atoms with Gasteiger partial charge in [0.1, 0.15) is 5.75 Å². The number of likely N-dealkylation sites (tertiary alicyclic amines) is 1. The van der Waals surface area contributed by atoms with Gasteiger partial charge in [-0.25, -0.2) is 0 Å². The minimum absolute atomic E-state index is 0.108. The maximum absolute atomic E-state index is 12.0. The van der Waals surface area contributed by atoms with E-state index in [-0.39, 0.29) is 5.91 Å². The van der Waals surface area contributed by atoms with Gasteiger partial charge in [-0.05, 0) is 62.0 Å². The number of benzene rings is 1. The largest absolute Gasteiger partial charge is 0.497 e. The Morgan fingerprint density at radius 3 is 2.85 bits per heavy atom. The van der Waals surface area contributed by atoms with Crippen LogP contribution < -0.4 is 10.1 Å². The topological polar surface area (TPSA) is 66.6 Å². The van der Waals surface area contributed by atoms with Crippen LogP contribution in [0.3, 0.4) is 0 Å². The number of nitrogens with one attached hydrogen (secondary N) is 2. The summed E-state index contributed by atoms with van der Waals surface area (Å²) in [6.07, 6.45) is 5.13. The van der Waals surface area contributed by atoms with Gasteiger partial charge in [-0.3, -0.25) is 9.69 Å². The van der Waals surface area contributed by atoms with Gasteiger partial charge in [0, 0.05) is 37.4 Å². The van der Waals surface area contributed by atoms with E-state index in [1.807, 2.05) is 6.07 Å². The standard InChI is InChI=1S/C20H29N3O3/c1-25-11-3-8-21-20(24)14-23-9-6-15(7-10-23)18-13-22-19-5-4-16(26-2)12-17(18)19/h4-5,12-13,15,22H,3,6-11,14H2,1-2H3,(H,21,24). The predicted molar refractivity (Wildman–Crippen MR) is 103 cm³/mol. The third kappa shape index (κ3) is 4.56. The van der Waals surface area contributed by atoms with Crippen LogP contribution in [0.4, 0.5) is 0 Å². The minimum atomic E-state index is 0.108. The second-order valence-corrected chi connectivity index (χ2v) is 6.90. The quantitative estimate of drug-likeness (QED) is 0.711. The number of hydrogen-bond donors (Lipinski definition) is 2. The summed E-state index contributed by atoms with van der Waals surface area (Å²) in [6, 6.07) is 6.16. The van der Waals surface area contributed by atoms with Crippen molar-refractivity contribution in [3.63, 3.8) is 0 Å². The van der Waals surface area contributed by atoms with Crippen molar-refractivity contribution in [2.45, 2.75) is 25.2 Å². The Morgan fingerprint density at radius 1 is 1.31 bits per heavy atom. The molecule has 26 heavy (non-hydrogen) atoms. The average Bonchev–Trinajstić information content (AvgIpc) is 3.09. The monoisotopic (exact) mass is 359 g/mol. The Bertz CT molecular complexity index is 720. The molecule has 0 bridgehead atoms. The molecule has 1 aromatic heterocycles. The lowest BCUT2D eigenvalue weighted by Crippen LogP contribution is -2.41. The number of methoxy groups -OCH3 is 2. The summed E-state index contributed by atoms with van der Waals surface area (Å²) in [6.45, 7) is 3.75. The summed E-state index contributed by atoms with van der Waals surface area (Å²) in [5, 5.41) is 4.21. The van der Waals surface area contributed by atoms with E-state index in [1.165, 1.54) is 10.9 Å². The number of H-pyrrole nitrogens is 1. The van der Waals surface area contributed by atoms with E-state index < -0.39 is 0 Å². The molecule has 1 aliphatic heterocycles. The number of rotatable bonds is 8. The number of piperidine rings is 1. The first kappa shape index (κ1) is 18.7. The fourth-order valence-corrected chi connectivity index (χ4v) is 3.69. The van der Waals surface area contributed by atoms with Gasteiger partial charge in [0.25, 0.3) is 0 Å². The lowest BCUT2D eigenvalue weighted by atomic mass is 9.89. The van der Waals surface area contributed by atoms with Gasteiger partial charge in [-0.2, -0.15) is 0 Å². The second kappa shape index (κ2) is 9.05. The first-order valence-electron chi connectivity index (χ1n) is 9.34. The number of carbonyl (C=O) groups excluding carboxylic acids is 1. The van der Waals surface area contributed by atoms with Crippen LogP contribution in [0, 0.1) is 0 Å². The van der Waals surface area contributed by atoms with Crippen molar-refractivity contribution in [2.24, 2.45) is 0 Å². The predicted octanol–water partition coefficient (Wildman–Crippen LogP) is 2.51. The highest BCUT2D eigenvalue weighted by Gasteiger charge is 2.24. The van der Waals surface area contributed by atoms with Crippen LogP contribution in [0.2, 0.25) is 0 Å². The Labute approximate surface area is 154 Å². The maximum Gasteiger partial charge on any atom is 0.234 e. The van der Waals surface area contributed by atoms with E-state index in [2.05, 4.69) is 33.5 Å². The van der Waals surface area contributed by atoms with E-state index in [9.17, 15) is 4.79 Å². The molecule has 142 valence electrons. The third-order valence-corrected chi connectivity index (χ3v) is 5.16. The van der Waals surface area contributed by atoms with E-state index in [0.717, 1.165) is 43.6 Å². The summed E-state index contributed by atoms with van der Waals surface area (Å²) in [7, 11) is 3.38. The molecule has 1 saturated heterocycles. The van der Waals surface area contributed by atoms with E-state index >= 15 is 0 Å². The number of carbonyl (C=O) groups is 1. The van der Waals surface area contributed by atoms with Gasteiger partial charge in [-0.15, -0.1) is 0 Å². The number of amides is 1. The average molecular weight is 359 g/mol. The molecule has 0 unspecified atom stereocenters. The normalized spacial score (nSPS) is 16.1. The number of hydrogen-bond acceptors (Lipinski definition) is 4. The molecular formula is C20H29N3O3. The van der Waals surface area contributed by atoms with Gasteiger partial charge in [0.2, 0.25) is 5.91 Å². The van der Waals surface area contributed by atoms with Crippen molar-refractivity contribution in [2.75, 3.05) is 47.0 Å². The van der Waals surface area contributed by atoms with Gasteiger partial charge in [-0.1, -0.05) is 0 Å². The summed E-state index contributed by atoms with van der Waals surface area (Å²) in [5.41, 5.74) is 2.52. The highest BCUT2D eigenvalue weighted by Crippen LogP contribution is 2.34. The third-order valence-electron chi connectivity index (χ3n) is 5.16. The molecule has 3 rings (SSSR count). The first-order valence-corrected chi connectivity index (χ1v) is 9.34. The number of aromatic nitrogens is 1. The molecule has 0 saturated carbocycles. The van der Waals surface area contributed by atoms with Crippen LogP contribution in [0.1, 0.15) is 30.7 Å². The summed E-state index contributed by atoms with van der Waals surface area (Å²) in [4.78, 5) is 17.6. The number of ether oxygens (including phenoxy) is 2.